The Kier molecular flexibility index (Phi) is 3.57. The number of anilines is 1. The summed E-state index contributed by atoms with van der Waals surface area (Å²) in [5, 5.41) is 5.48. The second-order valence-electron chi connectivity index (χ2n) is 4.19. The molecule has 3 rings (SSSR count). The highest BCUT2D eigenvalue weighted by molar-refractivity contribution is 9.10. The first-order valence-corrected chi connectivity index (χ1v) is 7.78. The van der Waals surface area contributed by atoms with Crippen molar-refractivity contribution in [1.29, 1.82) is 0 Å². The number of oxazole rings is 1. The third-order valence-electron chi connectivity index (χ3n) is 2.88. The van der Waals surface area contributed by atoms with E-state index in [-0.39, 0.29) is 0 Å². The lowest BCUT2D eigenvalue weighted by Crippen LogP contribution is -1.97. The molecule has 2 aromatic heterocycles. The van der Waals surface area contributed by atoms with Crippen LogP contribution in [-0.4, -0.2) is 4.98 Å². The summed E-state index contributed by atoms with van der Waals surface area (Å²) in [6.07, 6.45) is 0.819. The fourth-order valence-electron chi connectivity index (χ4n) is 1.87. The van der Waals surface area contributed by atoms with Gasteiger partial charge in [-0.25, -0.2) is 4.98 Å². The number of thiophene rings is 1. The van der Waals surface area contributed by atoms with Gasteiger partial charge in [0.1, 0.15) is 5.52 Å². The van der Waals surface area contributed by atoms with Gasteiger partial charge in [-0.3, -0.25) is 0 Å². The van der Waals surface area contributed by atoms with Gasteiger partial charge in [-0.2, -0.15) is 0 Å². The highest BCUT2D eigenvalue weighted by Crippen LogP contribution is 2.25. The van der Waals surface area contributed by atoms with Gasteiger partial charge in [0.05, 0.1) is 6.54 Å². The zero-order chi connectivity index (χ0) is 13.2. The van der Waals surface area contributed by atoms with E-state index in [1.54, 1.807) is 11.3 Å². The smallest absolute Gasteiger partial charge is 0.195 e. The van der Waals surface area contributed by atoms with Crippen molar-refractivity contribution in [3.63, 3.8) is 0 Å². The van der Waals surface area contributed by atoms with Gasteiger partial charge >= 0.3 is 0 Å². The van der Waals surface area contributed by atoms with Crippen molar-refractivity contribution in [2.24, 2.45) is 0 Å². The zero-order valence-corrected chi connectivity index (χ0v) is 12.8. The molecule has 3 nitrogen and oxygen atoms in total. The predicted molar refractivity (Wildman–Crippen MR) is 82.7 cm³/mol. The highest BCUT2D eigenvalue weighted by Gasteiger charge is 2.05. The van der Waals surface area contributed by atoms with Gasteiger partial charge in [0.15, 0.2) is 11.5 Å². The maximum atomic E-state index is 5.60. The number of hydrogen-bond donors (Lipinski definition) is 1. The van der Waals surface area contributed by atoms with Gasteiger partial charge in [-0.05, 0) is 45.6 Å². The molecular formula is C14H13BrN2OS. The summed E-state index contributed by atoms with van der Waals surface area (Å²) in [7, 11) is 0. The summed E-state index contributed by atoms with van der Waals surface area (Å²) >= 11 is 5.27. The number of nitrogens with one attached hydrogen (secondary N) is 1. The molecule has 0 aliphatic carbocycles. The van der Waals surface area contributed by atoms with Crippen molar-refractivity contribution in [1.82, 2.24) is 4.98 Å². The lowest BCUT2D eigenvalue weighted by molar-refractivity contribution is 0.538. The van der Waals surface area contributed by atoms with Crippen molar-refractivity contribution in [2.75, 3.05) is 5.32 Å². The van der Waals surface area contributed by atoms with E-state index in [9.17, 15) is 0 Å². The van der Waals surface area contributed by atoms with Crippen LogP contribution in [0.1, 0.15) is 17.7 Å². The fraction of sp³-hybridized carbons (Fsp3) is 0.214. The van der Waals surface area contributed by atoms with Gasteiger partial charge in [-0.15, -0.1) is 11.3 Å². The maximum Gasteiger partial charge on any atom is 0.195 e. The molecule has 0 radical (unpaired) electrons. The average Bonchev–Trinajstić information content (AvgIpc) is 3.01. The van der Waals surface area contributed by atoms with Crippen molar-refractivity contribution in [2.45, 2.75) is 19.9 Å². The van der Waals surface area contributed by atoms with Gasteiger partial charge in [0, 0.05) is 21.5 Å². The Balaban J connectivity index is 1.79. The Bertz CT molecular complexity index is 704. The van der Waals surface area contributed by atoms with Crippen LogP contribution < -0.4 is 5.32 Å². The molecule has 0 aliphatic heterocycles. The summed E-state index contributed by atoms with van der Waals surface area (Å²) in [5.41, 5.74) is 2.82. The molecule has 1 aromatic carbocycles. The molecule has 98 valence electrons. The predicted octanol–water partition coefficient (Wildman–Crippen LogP) is 4.83. The molecule has 0 bridgehead atoms. The van der Waals surface area contributed by atoms with E-state index >= 15 is 0 Å². The maximum absolute atomic E-state index is 5.60. The molecule has 1 N–H and O–H groups in total. The third kappa shape index (κ3) is 2.67. The molecule has 0 amide bonds. The van der Waals surface area contributed by atoms with Crippen LogP contribution >= 0.6 is 27.3 Å². The SMILES string of the molecule is CCc1nc2cc(NCc3sccc3Br)ccc2o1. The monoisotopic (exact) mass is 336 g/mol. The molecule has 0 unspecified atom stereocenters. The second-order valence-corrected chi connectivity index (χ2v) is 6.04. The van der Waals surface area contributed by atoms with Gasteiger partial charge in [0.2, 0.25) is 0 Å². The average molecular weight is 337 g/mol. The number of benzene rings is 1. The largest absolute Gasteiger partial charge is 0.441 e. The molecule has 3 aromatic rings. The van der Waals surface area contributed by atoms with Crippen molar-refractivity contribution < 1.29 is 4.42 Å². The zero-order valence-electron chi connectivity index (χ0n) is 10.4. The lowest BCUT2D eigenvalue weighted by atomic mass is 10.3. The first-order chi connectivity index (χ1) is 9.26. The quantitative estimate of drug-likeness (QED) is 0.741. The van der Waals surface area contributed by atoms with Crippen LogP contribution in [0.5, 0.6) is 0 Å². The van der Waals surface area contributed by atoms with E-state index in [2.05, 4.69) is 37.7 Å². The second kappa shape index (κ2) is 5.35. The Morgan fingerprint density at radius 2 is 2.26 bits per heavy atom. The number of aromatic nitrogens is 1. The summed E-state index contributed by atoms with van der Waals surface area (Å²) in [6, 6.07) is 8.08. The molecule has 2 heterocycles. The molecule has 0 saturated heterocycles. The minimum Gasteiger partial charge on any atom is -0.441 e. The van der Waals surface area contributed by atoms with Crippen LogP contribution in [0.25, 0.3) is 11.1 Å². The number of rotatable bonds is 4. The summed E-state index contributed by atoms with van der Waals surface area (Å²) in [4.78, 5) is 5.73. The summed E-state index contributed by atoms with van der Waals surface area (Å²) in [6.45, 7) is 2.85. The molecule has 5 heteroatoms. The number of hydrogen-bond acceptors (Lipinski definition) is 4. The number of halogens is 1. The van der Waals surface area contributed by atoms with E-state index in [0.717, 1.165) is 40.1 Å². The Morgan fingerprint density at radius 3 is 3.00 bits per heavy atom. The molecular weight excluding hydrogens is 324 g/mol. The highest BCUT2D eigenvalue weighted by atomic mass is 79.9. The van der Waals surface area contributed by atoms with Crippen LogP contribution in [0, 0.1) is 0 Å². The Morgan fingerprint density at radius 1 is 1.37 bits per heavy atom. The van der Waals surface area contributed by atoms with Crippen molar-refractivity contribution in [3.05, 3.63) is 44.9 Å². The van der Waals surface area contributed by atoms with Gasteiger partial charge in [-0.1, -0.05) is 6.92 Å². The van der Waals surface area contributed by atoms with Crippen LogP contribution in [0.3, 0.4) is 0 Å². The lowest BCUT2D eigenvalue weighted by Gasteiger charge is -2.04. The number of aryl methyl sites for hydroxylation is 1. The van der Waals surface area contributed by atoms with Crippen LogP contribution in [0.4, 0.5) is 5.69 Å². The molecule has 0 atom stereocenters. The van der Waals surface area contributed by atoms with Gasteiger partial charge < -0.3 is 9.73 Å². The topological polar surface area (TPSA) is 38.1 Å². The molecule has 0 spiro atoms. The van der Waals surface area contributed by atoms with Crippen LogP contribution in [-0.2, 0) is 13.0 Å². The van der Waals surface area contributed by atoms with E-state index in [1.165, 1.54) is 4.88 Å². The normalized spacial score (nSPS) is 11.1. The van der Waals surface area contributed by atoms with E-state index in [0.29, 0.717) is 0 Å². The standard InChI is InChI=1S/C14H13BrN2OS/c1-2-14-17-11-7-9(3-4-12(11)18-14)16-8-13-10(15)5-6-19-13/h3-7,16H,2,8H2,1H3. The van der Waals surface area contributed by atoms with Crippen molar-refractivity contribution in [3.8, 4) is 0 Å². The van der Waals surface area contributed by atoms with Crippen molar-refractivity contribution >= 4 is 44.1 Å². The Hall–Kier alpha value is -1.33. The fourth-order valence-corrected chi connectivity index (χ4v) is 3.30. The minimum atomic E-state index is 0.785. The number of fused-ring (bicyclic) bond motifs is 1. The molecule has 0 aliphatic rings. The van der Waals surface area contributed by atoms with Gasteiger partial charge in [0.25, 0.3) is 0 Å². The van der Waals surface area contributed by atoms with E-state index < -0.39 is 0 Å². The minimum absolute atomic E-state index is 0.785. The third-order valence-corrected chi connectivity index (χ3v) is 4.80. The van der Waals surface area contributed by atoms with Crippen LogP contribution in [0.2, 0.25) is 0 Å². The molecule has 0 fully saturated rings. The molecule has 19 heavy (non-hydrogen) atoms. The van der Waals surface area contributed by atoms with E-state index in [4.69, 9.17) is 4.42 Å². The summed E-state index contributed by atoms with van der Waals surface area (Å²) < 4.78 is 6.75. The summed E-state index contributed by atoms with van der Waals surface area (Å²) in [5.74, 6) is 0.785. The van der Waals surface area contributed by atoms with E-state index in [1.807, 2.05) is 25.1 Å². The Labute approximate surface area is 123 Å². The first kappa shape index (κ1) is 12.7. The van der Waals surface area contributed by atoms with Crippen LogP contribution in [0.15, 0.2) is 38.5 Å². The first-order valence-electron chi connectivity index (χ1n) is 6.11. The molecule has 0 saturated carbocycles. The number of nitrogens with zero attached hydrogens (tertiary/aromatic N) is 1.